The van der Waals surface area contributed by atoms with Gasteiger partial charge in [0.15, 0.2) is 11.5 Å². The molecule has 1 aliphatic heterocycles. The molecule has 11 rings (SSSR count). The molecular weight excluding hydrogens is 1030 g/mol. The number of aryl methyl sites for hydroxylation is 2. The highest BCUT2D eigenvalue weighted by molar-refractivity contribution is 6.64. The van der Waals surface area contributed by atoms with Crippen LogP contribution >= 0.6 is 34.8 Å². The van der Waals surface area contributed by atoms with E-state index in [9.17, 15) is 8.78 Å². The van der Waals surface area contributed by atoms with E-state index in [0.717, 1.165) is 5.46 Å². The van der Waals surface area contributed by atoms with Crippen molar-refractivity contribution in [2.75, 3.05) is 36.2 Å². The van der Waals surface area contributed by atoms with Gasteiger partial charge in [0.05, 0.1) is 74.9 Å². The summed E-state index contributed by atoms with van der Waals surface area (Å²) in [4.78, 5) is 40.3. The lowest BCUT2D eigenvalue weighted by Crippen LogP contribution is -2.41. The molecule has 0 unspecified atom stereocenters. The van der Waals surface area contributed by atoms with E-state index in [1.165, 1.54) is 49.1 Å². The number of ether oxygens (including phenoxy) is 2. The molecule has 1 saturated heterocycles. The number of rotatable bonds is 8. The summed E-state index contributed by atoms with van der Waals surface area (Å²) in [5.41, 5.74) is 17.9. The number of benzene rings is 4. The van der Waals surface area contributed by atoms with Gasteiger partial charge in [0.25, 0.3) is 0 Å². The van der Waals surface area contributed by atoms with Crippen LogP contribution in [0.5, 0.6) is 23.5 Å². The maximum atomic E-state index is 14.4. The number of aromatic amines is 2. The quantitative estimate of drug-likeness (QED) is 0.0470. The summed E-state index contributed by atoms with van der Waals surface area (Å²) in [6, 6.07) is 16.2. The average molecular weight is 1220 g/mol. The van der Waals surface area contributed by atoms with Gasteiger partial charge in [-0.15, -0.1) is 0 Å². The number of fused-ring (bicyclic) bond motifs is 6. The molecule has 0 spiro atoms. The first-order valence-corrected chi connectivity index (χ1v) is 23.8. The van der Waals surface area contributed by atoms with Gasteiger partial charge in [-0.05, 0) is 96.1 Å². The first-order valence-electron chi connectivity index (χ1n) is 57.7. The third kappa shape index (κ3) is 11.1. The molecule has 4 aromatic carbocycles. The van der Waals surface area contributed by atoms with E-state index in [-0.39, 0.29) is 43.0 Å². The molecule has 8 N–H and O–H groups in total. The Morgan fingerprint density at radius 2 is 1.09 bits per heavy atom. The Kier molecular flexibility index (Phi) is 7.03. The molecular formula is C51H122BCl3F2N14O4. The number of aromatic nitrogens is 10. The number of nitrogens with two attached hydrogens (primary N) is 2. The second-order valence-corrected chi connectivity index (χ2v) is 19.1. The van der Waals surface area contributed by atoms with Crippen molar-refractivity contribution in [3.05, 3.63) is 124 Å². The van der Waals surface area contributed by atoms with Crippen LogP contribution in [-0.2, 0) is 9.31 Å². The summed E-state index contributed by atoms with van der Waals surface area (Å²) in [5.74, 6) is 1.22. The topological polar surface area (TPSA) is 248 Å². The number of hydrogen-bond acceptors (Lipinski definition) is 16. The molecule has 0 aliphatic carbocycles. The lowest BCUT2D eigenvalue weighted by molar-refractivity contribution is 0.00578. The van der Waals surface area contributed by atoms with Crippen molar-refractivity contribution in [2.45, 2.75) is 60.2 Å². The maximum absolute atomic E-state index is 14.4. The summed E-state index contributed by atoms with van der Waals surface area (Å²) in [7, 11) is 2.99. The molecule has 6 aromatic heterocycles. The minimum atomic E-state index is -0.433. The fourth-order valence-electron chi connectivity index (χ4n) is 7.88. The highest BCUT2D eigenvalue weighted by atomic mass is 35.5. The lowest BCUT2D eigenvalue weighted by Gasteiger charge is -2.32. The van der Waals surface area contributed by atoms with Crippen molar-refractivity contribution >= 4 is 114 Å². The number of anilines is 4. The fraction of sp³-hybridized carbons (Fsp3) is 0.216. The summed E-state index contributed by atoms with van der Waals surface area (Å²) in [6.45, 7) is 11.6. The summed E-state index contributed by atoms with van der Waals surface area (Å²) in [6.07, 6.45) is 6.10. The van der Waals surface area contributed by atoms with E-state index >= 15 is 0 Å². The first kappa shape index (κ1) is 24.8. The second kappa shape index (κ2) is 21.3. The van der Waals surface area contributed by atoms with Gasteiger partial charge in [-0.25, -0.2) is 28.7 Å². The highest BCUT2D eigenvalue weighted by Crippen LogP contribution is 2.41. The highest BCUT2D eigenvalue weighted by Gasteiger charge is 2.52. The molecule has 10 aromatic rings. The number of halogens is 5. The van der Waals surface area contributed by atoms with Gasteiger partial charge in [-0.3, -0.25) is 0 Å². The van der Waals surface area contributed by atoms with E-state index < -0.39 is 12.9 Å². The molecule has 0 atom stereocenters. The van der Waals surface area contributed by atoms with Crippen LogP contribution in [0.3, 0.4) is 0 Å². The molecule has 7 heterocycles. The Bertz CT molecular complexity index is 3890. The predicted molar refractivity (Wildman–Crippen MR) is 370 cm³/mol. The van der Waals surface area contributed by atoms with Crippen molar-refractivity contribution in [1.29, 1.82) is 0 Å². The second-order valence-electron chi connectivity index (χ2n) is 17.8. The Labute approximate surface area is 554 Å². The van der Waals surface area contributed by atoms with Crippen LogP contribution in [0, 0.1) is 25.5 Å². The molecule has 0 amide bonds. The van der Waals surface area contributed by atoms with Gasteiger partial charge in [0, 0.05) is 163 Å². The Balaban J connectivity index is -0.0000000403. The lowest BCUT2D eigenvalue weighted by atomic mass is 9.78. The van der Waals surface area contributed by atoms with Crippen LogP contribution in [0.1, 0.15) is 152 Å². The first-order chi connectivity index (χ1) is 70.2. The molecule has 0 bridgehead atoms. The SMILES string of the molecule is C.CC1(C)OB(c2ccc(Cl)cc2N)OC1(C)C.CNc1cc(F)cc2c1[nH]c1nc(Oc3cnc(C)nc3)nc(-c3ccc(Cl)cc3N)c12.CNc1cc(F)cc2c1[nH]c1nc(Oc3cnc(C)nc3)nc(Cl)c12.[2HH].[2H][2H].[2H][2H].[2H][2H].[2H][2H].[2H][2H].[2H][2H].[2H][2H].[2H][2H].[2H][2H].[2H][2H].[2H][2H].[2H][2H].[2H][2H].[2H][2H].[2H][2H].[2H][2H].[2H][2H].[2H][2H].[2H][2H].[2H][2H].[2H][2H].[2H][2H].[2H][2H].[2H][2H].[2H][2H].[2H][2H].[2H][2H].[2H][2H].[2H][2H].[2H][2H].[2H][2H].[2H][2H].[2H][2H].[2H][2H].[2H][2H]. The van der Waals surface area contributed by atoms with Gasteiger partial charge in [-0.1, -0.05) is 48.3 Å². The molecule has 458 valence electrons. The van der Waals surface area contributed by atoms with E-state index in [1.807, 2.05) is 33.8 Å². The Hall–Kier alpha value is -7.69. The van der Waals surface area contributed by atoms with Crippen molar-refractivity contribution in [3.8, 4) is 34.8 Å². The van der Waals surface area contributed by atoms with Crippen LogP contribution in [-0.4, -0.2) is 82.3 Å². The zero-order valence-electron chi connectivity index (χ0n) is 111. The summed E-state index contributed by atoms with van der Waals surface area (Å²) in [5, 5.41) is 9.55. The Morgan fingerprint density at radius 3 is 1.57 bits per heavy atom. The van der Waals surface area contributed by atoms with Crippen LogP contribution < -0.4 is 37.0 Å². The molecule has 1 aliphatic rings. The summed E-state index contributed by atoms with van der Waals surface area (Å²) >= 11 is 18.3. The van der Waals surface area contributed by atoms with Gasteiger partial charge in [0.1, 0.15) is 39.7 Å². The molecule has 0 saturated carbocycles. The van der Waals surface area contributed by atoms with Crippen LogP contribution in [0.4, 0.5) is 31.5 Å². The fourth-order valence-corrected chi connectivity index (χ4v) is 8.51. The van der Waals surface area contributed by atoms with Gasteiger partial charge in [0.2, 0.25) is 0 Å². The smallest absolute Gasteiger partial charge is 0.421 e. The zero-order valence-corrected chi connectivity index (χ0v) is 43.2. The van der Waals surface area contributed by atoms with Crippen LogP contribution in [0.15, 0.2) is 85.5 Å². The van der Waals surface area contributed by atoms with E-state index in [1.54, 1.807) is 58.3 Å². The van der Waals surface area contributed by atoms with Crippen molar-refractivity contribution in [2.24, 2.45) is 0 Å². The standard InChI is InChI=1S/C22H17ClFN7O.C16H12ClFN6O.C12H17BClNO2.CH4.36H2/c1-10-27-8-13(9-28-10)32-22-30-20(14-4-3-11(23)5-16(14)25)18-15-6-12(24)7-17(26-2)19(15)29-21(18)31-22;1-7-20-5-9(6-21-7)25-16-23-14(17)12-10-3-8(18)4-11(19-2)13(10)22-15(12)24-16;1-11(2)12(3,4)17-13(16-11)9-6-5-8(14)7-10(9)15;;;;;;;;;;;;;;;;;;;;;;;;;;;;;;;;;;;;;/h3-9,26H,25H2,1-2H3,(H,29,30,31);3-6,19H,1-2H3,(H,22,23,24);5-7H,15H2,1-4H3;1H4;36*1H/i;;;;35*1+1D;1+1. The van der Waals surface area contributed by atoms with Gasteiger partial charge < -0.3 is 50.9 Å². The number of nitrogens with one attached hydrogen (secondary N) is 4. The zero-order chi connectivity index (χ0) is 123. The molecule has 0 radical (unpaired) electrons. The molecule has 24 heteroatoms. The van der Waals surface area contributed by atoms with Crippen molar-refractivity contribution < 1.29 is 133 Å². The number of H-pyrrole nitrogens is 2. The minimum absolute atomic E-state index is 0. The van der Waals surface area contributed by atoms with Crippen molar-refractivity contribution in [1.82, 2.24) is 49.8 Å². The van der Waals surface area contributed by atoms with Gasteiger partial charge >= 0.3 is 19.1 Å². The third-order valence-electron chi connectivity index (χ3n) is 12.3. The van der Waals surface area contributed by atoms with E-state index in [2.05, 4.69) is 60.5 Å². The van der Waals surface area contributed by atoms with E-state index in [4.69, 9.17) is 169 Å². The number of hydrogen-bond donors (Lipinski definition) is 6. The monoisotopic (exact) mass is 1220 g/mol. The van der Waals surface area contributed by atoms with Crippen LogP contribution in [0.2, 0.25) is 15.2 Å². The van der Waals surface area contributed by atoms with Crippen LogP contribution in [0.25, 0.3) is 55.1 Å². The largest absolute Gasteiger partial charge is 0.496 e. The number of nitrogens with zero attached hydrogens (tertiary/aromatic N) is 8. The predicted octanol–water partition coefficient (Wildman–Crippen LogP) is 20.6. The number of nitrogen functional groups attached to an aromatic ring is 2. The van der Waals surface area contributed by atoms with Gasteiger partial charge in [-0.2, -0.15) is 19.9 Å². The van der Waals surface area contributed by atoms with E-state index in [0.29, 0.717) is 111 Å². The normalized spacial score (nSPS) is 17.2. The molecule has 75 heavy (non-hydrogen) atoms. The van der Waals surface area contributed by atoms with Crippen molar-refractivity contribution in [3.63, 3.8) is 0 Å². The third-order valence-corrected chi connectivity index (χ3v) is 13.0. The molecule has 1 fully saturated rings. The Morgan fingerprint density at radius 1 is 0.640 bits per heavy atom. The minimum Gasteiger partial charge on any atom is -0.421 e. The average Bonchev–Trinajstić information content (AvgIpc) is 1.59. The molecule has 18 nitrogen and oxygen atoms in total. The maximum Gasteiger partial charge on any atom is 0.496 e. The summed E-state index contributed by atoms with van der Waals surface area (Å²) < 4.78 is 401.